The highest BCUT2D eigenvalue weighted by molar-refractivity contribution is 6.33. The molecule has 0 aromatic heterocycles. The molecule has 0 atom stereocenters. The molecule has 13 heavy (non-hydrogen) atoms. The van der Waals surface area contributed by atoms with Crippen molar-refractivity contribution in [2.24, 2.45) is 0 Å². The second kappa shape index (κ2) is 3.75. The third kappa shape index (κ3) is 1.80. The average molecular weight is 202 g/mol. The number of carbonyl (C=O) groups is 1. The smallest absolute Gasteiger partial charge is 0.153 e. The summed E-state index contributed by atoms with van der Waals surface area (Å²) in [5.74, 6) is -0.575. The Kier molecular flexibility index (Phi) is 2.88. The van der Waals surface area contributed by atoms with Crippen molar-refractivity contribution < 1.29 is 9.18 Å². The second-order valence-electron chi connectivity index (χ2n) is 2.81. The predicted molar refractivity (Wildman–Crippen MR) is 51.1 cm³/mol. The van der Waals surface area contributed by atoms with E-state index in [1.165, 1.54) is 12.1 Å². The summed E-state index contributed by atoms with van der Waals surface area (Å²) in [7, 11) is 3.52. The van der Waals surface area contributed by atoms with Gasteiger partial charge in [-0.15, -0.1) is 0 Å². The number of aldehydes is 1. The Balaban J connectivity index is 3.38. The molecule has 70 valence electrons. The predicted octanol–water partition coefficient (Wildman–Crippen LogP) is 2.36. The van der Waals surface area contributed by atoms with Crippen LogP contribution in [0.2, 0.25) is 5.02 Å². The second-order valence-corrected chi connectivity index (χ2v) is 3.18. The lowest BCUT2D eigenvalue weighted by molar-refractivity contribution is 0.112. The van der Waals surface area contributed by atoms with Gasteiger partial charge in [-0.1, -0.05) is 11.6 Å². The number of rotatable bonds is 2. The molecule has 0 radical (unpaired) electrons. The van der Waals surface area contributed by atoms with Gasteiger partial charge in [0.15, 0.2) is 6.29 Å². The van der Waals surface area contributed by atoms with Crippen LogP contribution < -0.4 is 4.90 Å². The van der Waals surface area contributed by atoms with E-state index < -0.39 is 5.82 Å². The lowest BCUT2D eigenvalue weighted by Crippen LogP contribution is -2.11. The third-order valence-corrected chi connectivity index (χ3v) is 2.09. The van der Waals surface area contributed by atoms with Crippen molar-refractivity contribution in [1.82, 2.24) is 0 Å². The number of hydrogen-bond donors (Lipinski definition) is 0. The van der Waals surface area contributed by atoms with Gasteiger partial charge in [0.1, 0.15) is 5.82 Å². The Morgan fingerprint density at radius 3 is 2.54 bits per heavy atom. The summed E-state index contributed by atoms with van der Waals surface area (Å²) >= 11 is 5.61. The minimum atomic E-state index is -0.575. The Morgan fingerprint density at radius 1 is 1.46 bits per heavy atom. The molecular formula is C9H9ClFNO. The van der Waals surface area contributed by atoms with E-state index in [1.807, 2.05) is 0 Å². The first-order valence-corrected chi connectivity index (χ1v) is 4.06. The zero-order valence-electron chi connectivity index (χ0n) is 7.34. The van der Waals surface area contributed by atoms with Crippen molar-refractivity contribution in [2.75, 3.05) is 19.0 Å². The molecule has 0 saturated carbocycles. The molecule has 2 nitrogen and oxygen atoms in total. The van der Waals surface area contributed by atoms with Crippen LogP contribution in [-0.2, 0) is 0 Å². The fourth-order valence-electron chi connectivity index (χ4n) is 1.06. The highest BCUT2D eigenvalue weighted by Gasteiger charge is 2.11. The van der Waals surface area contributed by atoms with E-state index in [2.05, 4.69) is 0 Å². The van der Waals surface area contributed by atoms with Gasteiger partial charge in [0, 0.05) is 19.8 Å². The van der Waals surface area contributed by atoms with Gasteiger partial charge in [-0.3, -0.25) is 4.79 Å². The minimum absolute atomic E-state index is 0.124. The van der Waals surface area contributed by atoms with Crippen molar-refractivity contribution in [3.8, 4) is 0 Å². The number of hydrogen-bond acceptors (Lipinski definition) is 2. The van der Waals surface area contributed by atoms with Crippen molar-refractivity contribution in [2.45, 2.75) is 0 Å². The summed E-state index contributed by atoms with van der Waals surface area (Å²) in [4.78, 5) is 12.3. The molecule has 1 aromatic rings. The first kappa shape index (κ1) is 9.99. The van der Waals surface area contributed by atoms with Crippen LogP contribution in [0.5, 0.6) is 0 Å². The van der Waals surface area contributed by atoms with Gasteiger partial charge in [-0.25, -0.2) is 4.39 Å². The highest BCUT2D eigenvalue weighted by atomic mass is 35.5. The zero-order chi connectivity index (χ0) is 10.0. The van der Waals surface area contributed by atoms with Crippen molar-refractivity contribution in [1.29, 1.82) is 0 Å². The molecular weight excluding hydrogens is 193 g/mol. The first-order valence-electron chi connectivity index (χ1n) is 3.68. The van der Waals surface area contributed by atoms with Crippen LogP contribution in [-0.4, -0.2) is 20.4 Å². The standard InChI is InChI=1S/C9H9ClFNO/c1-12(2)8-4-3-7(11)9(10)6(8)5-13/h3-5H,1-2H3. The van der Waals surface area contributed by atoms with E-state index in [9.17, 15) is 9.18 Å². The highest BCUT2D eigenvalue weighted by Crippen LogP contribution is 2.27. The van der Waals surface area contributed by atoms with Gasteiger partial charge < -0.3 is 4.90 Å². The Morgan fingerprint density at radius 2 is 2.08 bits per heavy atom. The maximum Gasteiger partial charge on any atom is 0.153 e. The van der Waals surface area contributed by atoms with E-state index in [0.29, 0.717) is 12.0 Å². The summed E-state index contributed by atoms with van der Waals surface area (Å²) in [6.07, 6.45) is 0.556. The van der Waals surface area contributed by atoms with Crippen LogP contribution in [0.15, 0.2) is 12.1 Å². The molecule has 0 aliphatic rings. The molecule has 0 saturated heterocycles. The quantitative estimate of drug-likeness (QED) is 0.685. The largest absolute Gasteiger partial charge is 0.377 e. The molecule has 0 N–H and O–H groups in total. The van der Waals surface area contributed by atoms with Crippen LogP contribution in [0.25, 0.3) is 0 Å². The summed E-state index contributed by atoms with van der Waals surface area (Å²) in [6, 6.07) is 2.76. The average Bonchev–Trinajstić information content (AvgIpc) is 2.09. The lowest BCUT2D eigenvalue weighted by Gasteiger charge is -2.15. The molecule has 0 spiro atoms. The first-order chi connectivity index (χ1) is 6.07. The van der Waals surface area contributed by atoms with Crippen molar-refractivity contribution in [3.63, 3.8) is 0 Å². The number of anilines is 1. The van der Waals surface area contributed by atoms with Crippen molar-refractivity contribution in [3.05, 3.63) is 28.5 Å². The van der Waals surface area contributed by atoms with E-state index in [4.69, 9.17) is 11.6 Å². The molecule has 1 rings (SSSR count). The van der Waals surface area contributed by atoms with Crippen LogP contribution in [0, 0.1) is 5.82 Å². The summed E-state index contributed by atoms with van der Waals surface area (Å²) < 4.78 is 12.9. The molecule has 0 amide bonds. The fraction of sp³-hybridized carbons (Fsp3) is 0.222. The van der Waals surface area contributed by atoms with Crippen LogP contribution in [0.4, 0.5) is 10.1 Å². The minimum Gasteiger partial charge on any atom is -0.377 e. The molecule has 0 heterocycles. The number of carbonyl (C=O) groups excluding carboxylic acids is 1. The van der Waals surface area contributed by atoms with E-state index >= 15 is 0 Å². The van der Waals surface area contributed by atoms with Gasteiger partial charge in [0.25, 0.3) is 0 Å². The van der Waals surface area contributed by atoms with E-state index in [0.717, 1.165) is 0 Å². The lowest BCUT2D eigenvalue weighted by atomic mass is 10.2. The van der Waals surface area contributed by atoms with Crippen LogP contribution >= 0.6 is 11.6 Å². The molecule has 0 aliphatic heterocycles. The molecule has 0 bridgehead atoms. The zero-order valence-corrected chi connectivity index (χ0v) is 8.10. The maximum absolute atomic E-state index is 12.9. The summed E-state index contributed by atoms with van der Waals surface area (Å²) in [5.41, 5.74) is 0.799. The molecule has 0 aliphatic carbocycles. The number of halogens is 2. The topological polar surface area (TPSA) is 20.3 Å². The number of nitrogens with zero attached hydrogens (tertiary/aromatic N) is 1. The van der Waals surface area contributed by atoms with Gasteiger partial charge >= 0.3 is 0 Å². The Labute approximate surface area is 80.9 Å². The molecule has 1 aromatic carbocycles. The summed E-state index contributed by atoms with van der Waals surface area (Å²) in [6.45, 7) is 0. The van der Waals surface area contributed by atoms with Crippen molar-refractivity contribution >= 4 is 23.6 Å². The monoisotopic (exact) mass is 201 g/mol. The SMILES string of the molecule is CN(C)c1ccc(F)c(Cl)c1C=O. The van der Waals surface area contributed by atoms with Crippen LogP contribution in [0.1, 0.15) is 10.4 Å². The van der Waals surface area contributed by atoms with Gasteiger partial charge in [0.2, 0.25) is 0 Å². The third-order valence-electron chi connectivity index (χ3n) is 1.71. The van der Waals surface area contributed by atoms with Gasteiger partial charge in [-0.05, 0) is 12.1 Å². The van der Waals surface area contributed by atoms with E-state index in [-0.39, 0.29) is 10.6 Å². The Bertz CT molecular complexity index is 339. The van der Waals surface area contributed by atoms with Gasteiger partial charge in [0.05, 0.1) is 10.6 Å². The fourth-order valence-corrected chi connectivity index (χ4v) is 1.26. The van der Waals surface area contributed by atoms with Gasteiger partial charge in [-0.2, -0.15) is 0 Å². The maximum atomic E-state index is 12.9. The number of benzene rings is 1. The van der Waals surface area contributed by atoms with E-state index in [1.54, 1.807) is 19.0 Å². The summed E-state index contributed by atoms with van der Waals surface area (Å²) in [5, 5.41) is -0.124. The normalized spacial score (nSPS) is 9.85. The molecule has 0 unspecified atom stereocenters. The Hall–Kier alpha value is -1.09. The molecule has 0 fully saturated rings. The molecule has 4 heteroatoms. The van der Waals surface area contributed by atoms with Crippen LogP contribution in [0.3, 0.4) is 0 Å².